The Hall–Kier alpha value is -2.20. The van der Waals surface area contributed by atoms with E-state index in [9.17, 15) is 14.4 Å². The molecule has 1 aromatic rings. The normalized spacial score (nSPS) is 26.8. The summed E-state index contributed by atoms with van der Waals surface area (Å²) in [4.78, 5) is 48.0. The highest BCUT2D eigenvalue weighted by atomic mass is 32.2. The number of unbranched alkanes of at least 4 members (excludes halogenated alkanes) is 2. The lowest BCUT2D eigenvalue weighted by Crippen LogP contribution is -2.53. The Morgan fingerprint density at radius 2 is 2.12 bits per heavy atom. The zero-order chi connectivity index (χ0) is 24.0. The molecule has 2 N–H and O–H groups in total. The third-order valence-electron chi connectivity index (χ3n) is 5.47. The van der Waals surface area contributed by atoms with Crippen molar-refractivity contribution in [3.63, 3.8) is 0 Å². The van der Waals surface area contributed by atoms with Crippen LogP contribution in [-0.4, -0.2) is 51.2 Å². The number of hydrogen-bond acceptors (Lipinski definition) is 8. The summed E-state index contributed by atoms with van der Waals surface area (Å²) in [5, 5.41) is 9.04. The van der Waals surface area contributed by atoms with Crippen LogP contribution in [-0.2, 0) is 25.7 Å². The fourth-order valence-electron chi connectivity index (χ4n) is 3.40. The van der Waals surface area contributed by atoms with Crippen molar-refractivity contribution in [2.75, 3.05) is 5.75 Å². The number of ether oxygens (including phenoxy) is 1. The summed E-state index contributed by atoms with van der Waals surface area (Å²) in [6.07, 6.45) is 5.90. The van der Waals surface area contributed by atoms with Gasteiger partial charge >= 0.3 is 5.97 Å². The van der Waals surface area contributed by atoms with Crippen LogP contribution < -0.4 is 10.6 Å². The van der Waals surface area contributed by atoms with Gasteiger partial charge in [-0.25, -0.2) is 9.78 Å². The van der Waals surface area contributed by atoms with Crippen LogP contribution in [0.1, 0.15) is 64.1 Å². The number of aliphatic imine (C=N–C) groups is 1. The molecule has 0 saturated heterocycles. The van der Waals surface area contributed by atoms with E-state index in [0.717, 1.165) is 24.3 Å². The summed E-state index contributed by atoms with van der Waals surface area (Å²) in [5.41, 5.74) is -0.295. The lowest BCUT2D eigenvalue weighted by molar-refractivity contribution is -0.153. The lowest BCUT2D eigenvalue weighted by Gasteiger charge is -2.27. The highest BCUT2D eigenvalue weighted by Crippen LogP contribution is 2.32. The first-order valence-electron chi connectivity index (χ1n) is 11.3. The monoisotopic (exact) mass is 492 g/mol. The van der Waals surface area contributed by atoms with Crippen LogP contribution in [0.15, 0.2) is 22.5 Å². The van der Waals surface area contributed by atoms with Gasteiger partial charge in [-0.15, -0.1) is 23.1 Å². The molecule has 180 valence electrons. The fourth-order valence-corrected chi connectivity index (χ4v) is 5.33. The van der Waals surface area contributed by atoms with E-state index in [-0.39, 0.29) is 30.7 Å². The fraction of sp³-hybridized carbons (Fsp3) is 0.609. The van der Waals surface area contributed by atoms with Crippen LogP contribution in [0.4, 0.5) is 0 Å². The smallest absolute Gasteiger partial charge is 0.329 e. The van der Waals surface area contributed by atoms with Gasteiger partial charge in [0, 0.05) is 11.1 Å². The minimum absolute atomic E-state index is 0.00559. The first kappa shape index (κ1) is 25.4. The van der Waals surface area contributed by atoms with Crippen molar-refractivity contribution < 1.29 is 19.1 Å². The number of aromatic nitrogens is 1. The molecular weight excluding hydrogens is 460 g/mol. The summed E-state index contributed by atoms with van der Waals surface area (Å²) in [6.45, 7) is 7.85. The second-order valence-corrected chi connectivity index (χ2v) is 10.7. The van der Waals surface area contributed by atoms with E-state index in [4.69, 9.17) is 4.74 Å². The molecule has 0 saturated carbocycles. The summed E-state index contributed by atoms with van der Waals surface area (Å²) in [7, 11) is 0. The molecular formula is C23H32N4O4S2. The molecule has 8 nitrogen and oxygen atoms in total. The molecule has 3 atom stereocenters. The average Bonchev–Trinajstić information content (AvgIpc) is 3.40. The van der Waals surface area contributed by atoms with Crippen LogP contribution in [0.25, 0.3) is 0 Å². The number of nitrogens with one attached hydrogen (secondary N) is 2. The zero-order valence-corrected chi connectivity index (χ0v) is 21.2. The van der Waals surface area contributed by atoms with E-state index in [2.05, 4.69) is 27.5 Å². The SMILES string of the molecule is CCCC/C=C/[C@@H]1CC(=O)NCc2nc(cs2)C2=N[C@@](C)(CS2)C(=O)N[C@@H](C(C)C)C(=O)O1. The predicted octanol–water partition coefficient (Wildman–Crippen LogP) is 3.21. The van der Waals surface area contributed by atoms with Crippen molar-refractivity contribution in [1.29, 1.82) is 0 Å². The molecule has 2 amide bonds. The molecule has 4 bridgehead atoms. The van der Waals surface area contributed by atoms with Gasteiger partial charge in [0.1, 0.15) is 33.4 Å². The van der Waals surface area contributed by atoms with E-state index >= 15 is 0 Å². The number of amides is 2. The van der Waals surface area contributed by atoms with Crippen LogP contribution in [0.2, 0.25) is 0 Å². The van der Waals surface area contributed by atoms with Crippen molar-refractivity contribution >= 4 is 45.9 Å². The van der Waals surface area contributed by atoms with Crippen LogP contribution in [0, 0.1) is 5.92 Å². The molecule has 10 heteroatoms. The number of fused-ring (bicyclic) bond motifs is 4. The maximum Gasteiger partial charge on any atom is 0.329 e. The number of allylic oxidation sites excluding steroid dienone is 1. The van der Waals surface area contributed by atoms with E-state index in [1.54, 1.807) is 13.0 Å². The molecule has 1 aromatic heterocycles. The largest absolute Gasteiger partial charge is 0.456 e. The molecule has 0 radical (unpaired) electrons. The standard InChI is InChI=1S/C23H32N4O4S2/c1-5-6-7-8-9-15-10-17(28)24-11-18-25-16(12-32-18)20-27-23(4,13-33-20)22(30)26-19(14(2)3)21(29)31-15/h8-9,12,14-15,19H,5-7,10-11,13H2,1-4H3,(H,24,28)(H,26,30)/b9-8+/t15-,19+,23+/m1/s1. The van der Waals surface area contributed by atoms with Crippen molar-refractivity contribution in [3.05, 3.63) is 28.2 Å². The topological polar surface area (TPSA) is 110 Å². The summed E-state index contributed by atoms with van der Waals surface area (Å²) < 4.78 is 5.71. The number of thiazole rings is 1. The van der Waals surface area contributed by atoms with E-state index < -0.39 is 23.7 Å². The minimum atomic E-state index is -0.998. The van der Waals surface area contributed by atoms with E-state index in [0.29, 0.717) is 16.5 Å². The summed E-state index contributed by atoms with van der Waals surface area (Å²) >= 11 is 2.90. The number of cyclic esters (lactones) is 1. The third kappa shape index (κ3) is 6.66. The average molecular weight is 493 g/mol. The first-order valence-corrected chi connectivity index (χ1v) is 13.2. The Bertz CT molecular complexity index is 943. The first-order chi connectivity index (χ1) is 15.7. The molecule has 0 aromatic carbocycles. The molecule has 0 aliphatic carbocycles. The van der Waals surface area contributed by atoms with Gasteiger partial charge in [0.2, 0.25) is 11.8 Å². The van der Waals surface area contributed by atoms with Gasteiger partial charge in [-0.1, -0.05) is 39.7 Å². The molecule has 2 aliphatic rings. The number of esters is 1. The Balaban J connectivity index is 1.89. The maximum atomic E-state index is 13.2. The van der Waals surface area contributed by atoms with E-state index in [1.165, 1.54) is 23.1 Å². The third-order valence-corrected chi connectivity index (χ3v) is 7.60. The van der Waals surface area contributed by atoms with Gasteiger partial charge in [-0.05, 0) is 25.3 Å². The number of carbonyl (C=O) groups is 3. The summed E-state index contributed by atoms with van der Waals surface area (Å²) in [5.74, 6) is -0.843. The minimum Gasteiger partial charge on any atom is -0.456 e. The molecule has 0 spiro atoms. The molecule has 2 aliphatic heterocycles. The number of rotatable bonds is 5. The number of nitrogens with zero attached hydrogens (tertiary/aromatic N) is 2. The second-order valence-electron chi connectivity index (χ2n) is 8.83. The molecule has 3 rings (SSSR count). The van der Waals surface area contributed by atoms with Crippen LogP contribution >= 0.6 is 23.1 Å². The lowest BCUT2D eigenvalue weighted by atomic mass is 10.0. The van der Waals surface area contributed by atoms with Crippen molar-refractivity contribution in [1.82, 2.24) is 15.6 Å². The van der Waals surface area contributed by atoms with Gasteiger partial charge in [-0.3, -0.25) is 14.6 Å². The highest BCUT2D eigenvalue weighted by Gasteiger charge is 2.41. The van der Waals surface area contributed by atoms with Crippen LogP contribution in [0.5, 0.6) is 0 Å². The van der Waals surface area contributed by atoms with Crippen LogP contribution in [0.3, 0.4) is 0 Å². The summed E-state index contributed by atoms with van der Waals surface area (Å²) in [6, 6.07) is -0.841. The van der Waals surface area contributed by atoms with Gasteiger partial charge in [0.05, 0.1) is 13.0 Å². The van der Waals surface area contributed by atoms with E-state index in [1.807, 2.05) is 25.3 Å². The predicted molar refractivity (Wildman–Crippen MR) is 131 cm³/mol. The highest BCUT2D eigenvalue weighted by molar-refractivity contribution is 8.14. The molecule has 3 heterocycles. The number of carbonyl (C=O) groups excluding carboxylic acids is 3. The number of hydrogen-bond donors (Lipinski definition) is 2. The Kier molecular flexibility index (Phi) is 8.69. The Labute approximate surface area is 203 Å². The molecule has 33 heavy (non-hydrogen) atoms. The van der Waals surface area contributed by atoms with Crippen molar-refractivity contribution in [3.8, 4) is 0 Å². The zero-order valence-electron chi connectivity index (χ0n) is 19.6. The van der Waals surface area contributed by atoms with Gasteiger partial charge < -0.3 is 15.4 Å². The van der Waals surface area contributed by atoms with Gasteiger partial charge in [-0.2, -0.15) is 0 Å². The number of thioether (sulfide) groups is 1. The van der Waals surface area contributed by atoms with Crippen molar-refractivity contribution in [2.45, 2.75) is 77.6 Å². The molecule has 0 fully saturated rings. The molecule has 0 unspecified atom stereocenters. The Morgan fingerprint density at radius 1 is 1.33 bits per heavy atom. The second kappa shape index (κ2) is 11.3. The van der Waals surface area contributed by atoms with Crippen molar-refractivity contribution in [2.24, 2.45) is 10.9 Å². The maximum absolute atomic E-state index is 13.2. The Morgan fingerprint density at radius 3 is 2.85 bits per heavy atom. The van der Waals surface area contributed by atoms with Gasteiger partial charge in [0.25, 0.3) is 0 Å². The quantitative estimate of drug-likeness (QED) is 0.371. The van der Waals surface area contributed by atoms with Gasteiger partial charge in [0.15, 0.2) is 0 Å².